The van der Waals surface area contributed by atoms with Gasteiger partial charge in [0, 0.05) is 50.6 Å². The number of amides is 1. The molecule has 1 aliphatic heterocycles. The molecule has 0 spiro atoms. The van der Waals surface area contributed by atoms with Gasteiger partial charge in [-0.2, -0.15) is 0 Å². The van der Waals surface area contributed by atoms with Crippen molar-refractivity contribution < 1.29 is 9.53 Å². The van der Waals surface area contributed by atoms with Crippen LogP contribution >= 0.6 is 11.3 Å². The minimum absolute atomic E-state index is 0.0724. The highest BCUT2D eigenvalue weighted by atomic mass is 32.1. The Labute approximate surface area is 148 Å². The van der Waals surface area contributed by atoms with Crippen LogP contribution in [0.3, 0.4) is 0 Å². The van der Waals surface area contributed by atoms with E-state index in [-0.39, 0.29) is 12.0 Å². The summed E-state index contributed by atoms with van der Waals surface area (Å²) < 4.78 is 5.61. The molecule has 3 rings (SSSR count). The summed E-state index contributed by atoms with van der Waals surface area (Å²) in [5.41, 5.74) is 1.11. The first-order valence-electron chi connectivity index (χ1n) is 8.89. The van der Waals surface area contributed by atoms with Crippen molar-refractivity contribution in [2.45, 2.75) is 39.3 Å². The van der Waals surface area contributed by atoms with Crippen LogP contribution in [0.25, 0.3) is 0 Å². The molecule has 24 heavy (non-hydrogen) atoms. The molecule has 2 aliphatic rings. The summed E-state index contributed by atoms with van der Waals surface area (Å²) in [6.07, 6.45) is 6.16. The topological polar surface area (TPSA) is 45.7 Å². The van der Waals surface area contributed by atoms with Crippen LogP contribution in [-0.2, 0) is 16.1 Å². The first-order chi connectivity index (χ1) is 11.7. The van der Waals surface area contributed by atoms with E-state index in [0.29, 0.717) is 12.5 Å². The van der Waals surface area contributed by atoms with Crippen molar-refractivity contribution >= 4 is 17.2 Å². The van der Waals surface area contributed by atoms with Crippen molar-refractivity contribution in [1.29, 1.82) is 0 Å². The lowest BCUT2D eigenvalue weighted by Crippen LogP contribution is -2.49. The normalized spacial score (nSPS) is 20.7. The monoisotopic (exact) mass is 349 g/mol. The summed E-state index contributed by atoms with van der Waals surface area (Å²) in [6.45, 7) is 9.16. The van der Waals surface area contributed by atoms with Gasteiger partial charge in [-0.15, -0.1) is 11.3 Å². The number of rotatable bonds is 6. The largest absolute Gasteiger partial charge is 0.372 e. The number of thiazole rings is 1. The molecule has 0 N–H and O–H groups in total. The second kappa shape index (κ2) is 8.23. The molecule has 1 aromatic rings. The van der Waals surface area contributed by atoms with Crippen LogP contribution in [-0.4, -0.2) is 53.5 Å². The van der Waals surface area contributed by atoms with Crippen molar-refractivity contribution in [2.75, 3.05) is 32.8 Å². The Kier molecular flexibility index (Phi) is 6.03. The number of hydrogen-bond acceptors (Lipinski definition) is 5. The molecule has 0 saturated carbocycles. The second-order valence-corrected chi connectivity index (χ2v) is 7.41. The summed E-state index contributed by atoms with van der Waals surface area (Å²) in [4.78, 5) is 21.6. The molecule has 1 atom stereocenters. The molecule has 1 saturated heterocycles. The minimum Gasteiger partial charge on any atom is -0.372 e. The average Bonchev–Trinajstić information content (AvgIpc) is 3.27. The van der Waals surface area contributed by atoms with E-state index in [1.807, 2.05) is 18.7 Å². The van der Waals surface area contributed by atoms with Gasteiger partial charge in [-0.25, -0.2) is 4.98 Å². The number of ether oxygens (including phenoxy) is 1. The first-order valence-corrected chi connectivity index (χ1v) is 9.77. The Balaban J connectivity index is 1.46. The van der Waals surface area contributed by atoms with Crippen LogP contribution in [0.4, 0.5) is 0 Å². The van der Waals surface area contributed by atoms with Gasteiger partial charge in [-0.1, -0.05) is 12.2 Å². The van der Waals surface area contributed by atoms with Crippen LogP contribution in [0, 0.1) is 5.92 Å². The number of hydrogen-bond donors (Lipinski definition) is 0. The molecule has 2 heterocycles. The third-order valence-electron chi connectivity index (χ3n) is 4.76. The zero-order chi connectivity index (χ0) is 16.9. The molecule has 0 bridgehead atoms. The van der Waals surface area contributed by atoms with Gasteiger partial charge in [-0.3, -0.25) is 9.69 Å². The summed E-state index contributed by atoms with van der Waals surface area (Å²) in [5.74, 6) is 0.527. The molecule has 1 fully saturated rings. The van der Waals surface area contributed by atoms with E-state index in [4.69, 9.17) is 9.72 Å². The standard InChI is InChI=1S/C18H27N3O2S/c1-3-23-14(2)17-19-16(13-24-17)12-20-8-10-21(11-9-20)18(22)15-6-4-5-7-15/h4-5,13-15H,3,6-12H2,1-2H3/t14-/m1/s1. The maximum atomic E-state index is 12.4. The highest BCUT2D eigenvalue weighted by Gasteiger charge is 2.27. The number of carbonyl (C=O) groups is 1. The lowest BCUT2D eigenvalue weighted by molar-refractivity contribution is -0.137. The van der Waals surface area contributed by atoms with Gasteiger partial charge in [-0.05, 0) is 26.7 Å². The van der Waals surface area contributed by atoms with Crippen molar-refractivity contribution in [1.82, 2.24) is 14.8 Å². The highest BCUT2D eigenvalue weighted by Crippen LogP contribution is 2.23. The van der Waals surface area contributed by atoms with Crippen molar-refractivity contribution in [3.8, 4) is 0 Å². The number of carbonyl (C=O) groups excluding carboxylic acids is 1. The number of allylic oxidation sites excluding steroid dienone is 2. The summed E-state index contributed by atoms with van der Waals surface area (Å²) in [6, 6.07) is 0. The number of nitrogens with zero attached hydrogens (tertiary/aromatic N) is 3. The smallest absolute Gasteiger partial charge is 0.226 e. The van der Waals surface area contributed by atoms with E-state index in [1.165, 1.54) is 0 Å². The minimum atomic E-state index is 0.0724. The fourth-order valence-corrected chi connectivity index (χ4v) is 4.15. The third kappa shape index (κ3) is 4.23. The molecule has 132 valence electrons. The fraction of sp³-hybridized carbons (Fsp3) is 0.667. The zero-order valence-corrected chi connectivity index (χ0v) is 15.4. The van der Waals surface area contributed by atoms with Crippen LogP contribution in [0.15, 0.2) is 17.5 Å². The lowest BCUT2D eigenvalue weighted by atomic mass is 10.1. The Bertz CT molecular complexity index is 571. The Morgan fingerprint density at radius 2 is 2.04 bits per heavy atom. The van der Waals surface area contributed by atoms with E-state index >= 15 is 0 Å². The predicted octanol–water partition coefficient (Wildman–Crippen LogP) is 2.85. The molecule has 5 nitrogen and oxygen atoms in total. The van der Waals surface area contributed by atoms with Crippen LogP contribution in [0.5, 0.6) is 0 Å². The van der Waals surface area contributed by atoms with E-state index in [2.05, 4.69) is 22.4 Å². The van der Waals surface area contributed by atoms with Crippen molar-refractivity contribution in [3.63, 3.8) is 0 Å². The fourth-order valence-electron chi connectivity index (χ4n) is 3.34. The van der Waals surface area contributed by atoms with Crippen molar-refractivity contribution in [2.24, 2.45) is 5.92 Å². The SMILES string of the molecule is CCO[C@H](C)c1nc(CN2CCN(C(=O)C3CC=CC3)CC2)cs1. The molecule has 1 aliphatic carbocycles. The molecule has 1 amide bonds. The maximum absolute atomic E-state index is 12.4. The van der Waals surface area contributed by atoms with E-state index < -0.39 is 0 Å². The van der Waals surface area contributed by atoms with E-state index in [0.717, 1.165) is 56.3 Å². The van der Waals surface area contributed by atoms with Gasteiger partial charge in [0.25, 0.3) is 0 Å². The summed E-state index contributed by atoms with van der Waals surface area (Å²) in [5, 5.41) is 3.18. The molecular formula is C18H27N3O2S. The zero-order valence-electron chi connectivity index (χ0n) is 14.6. The highest BCUT2D eigenvalue weighted by molar-refractivity contribution is 7.09. The molecular weight excluding hydrogens is 322 g/mol. The molecule has 0 unspecified atom stereocenters. The van der Waals surface area contributed by atoms with Gasteiger partial charge >= 0.3 is 0 Å². The van der Waals surface area contributed by atoms with E-state index in [9.17, 15) is 4.79 Å². The number of aromatic nitrogens is 1. The summed E-state index contributed by atoms with van der Waals surface area (Å²) in [7, 11) is 0. The van der Waals surface area contributed by atoms with Crippen LogP contribution in [0.1, 0.15) is 43.5 Å². The molecule has 0 radical (unpaired) electrons. The lowest BCUT2D eigenvalue weighted by Gasteiger charge is -2.35. The third-order valence-corrected chi connectivity index (χ3v) is 5.82. The van der Waals surface area contributed by atoms with Gasteiger partial charge in [0.1, 0.15) is 11.1 Å². The summed E-state index contributed by atoms with van der Waals surface area (Å²) >= 11 is 1.67. The average molecular weight is 350 g/mol. The molecule has 6 heteroatoms. The quantitative estimate of drug-likeness (QED) is 0.741. The molecule has 1 aromatic heterocycles. The van der Waals surface area contributed by atoms with Gasteiger partial charge < -0.3 is 9.64 Å². The van der Waals surface area contributed by atoms with E-state index in [1.54, 1.807) is 11.3 Å². The Morgan fingerprint density at radius 1 is 1.33 bits per heavy atom. The van der Waals surface area contributed by atoms with Gasteiger partial charge in [0.2, 0.25) is 5.91 Å². The predicted molar refractivity (Wildman–Crippen MR) is 95.9 cm³/mol. The first kappa shape index (κ1) is 17.6. The number of piperazine rings is 1. The Hall–Kier alpha value is -1.24. The van der Waals surface area contributed by atoms with Gasteiger partial charge in [0.15, 0.2) is 0 Å². The van der Waals surface area contributed by atoms with Crippen LogP contribution < -0.4 is 0 Å². The van der Waals surface area contributed by atoms with Gasteiger partial charge in [0.05, 0.1) is 5.69 Å². The Morgan fingerprint density at radius 3 is 2.71 bits per heavy atom. The molecule has 0 aromatic carbocycles. The van der Waals surface area contributed by atoms with Crippen LogP contribution in [0.2, 0.25) is 0 Å². The van der Waals surface area contributed by atoms with Crippen molar-refractivity contribution in [3.05, 3.63) is 28.2 Å². The second-order valence-electron chi connectivity index (χ2n) is 6.52. The maximum Gasteiger partial charge on any atom is 0.226 e.